The summed E-state index contributed by atoms with van der Waals surface area (Å²) in [5.74, 6) is -0.0709. The van der Waals surface area contributed by atoms with Gasteiger partial charge in [0.2, 0.25) is 5.91 Å². The summed E-state index contributed by atoms with van der Waals surface area (Å²) in [6.45, 7) is 0. The van der Waals surface area contributed by atoms with Crippen LogP contribution in [0.25, 0.3) is 0 Å². The van der Waals surface area contributed by atoms with E-state index >= 15 is 0 Å². The molecule has 0 aliphatic heterocycles. The van der Waals surface area contributed by atoms with E-state index in [0.29, 0.717) is 10.7 Å². The molecule has 0 saturated carbocycles. The van der Waals surface area contributed by atoms with Gasteiger partial charge >= 0.3 is 0 Å². The van der Waals surface area contributed by atoms with E-state index in [2.05, 4.69) is 35.6 Å². The Morgan fingerprint density at radius 1 is 1.15 bits per heavy atom. The number of H-pyrrole nitrogens is 1. The standard InChI is InChI=1S/C14H12ClN7O3S2/c15-11-5-6-12(19-18-11)21-27(24,25)10-3-1-9(2-4-10)17-13(23)8-26-14-7-16-22-20-14/h1-7H,8H2,(H,17,23)(H,19,21)(H,16,20,22). The van der Waals surface area contributed by atoms with E-state index < -0.39 is 10.0 Å². The van der Waals surface area contributed by atoms with Gasteiger partial charge in [-0.15, -0.1) is 15.3 Å². The molecule has 1 aromatic carbocycles. The summed E-state index contributed by atoms with van der Waals surface area (Å²) in [5, 5.41) is 20.6. The van der Waals surface area contributed by atoms with E-state index in [4.69, 9.17) is 11.6 Å². The number of aromatic amines is 1. The number of hydrogen-bond acceptors (Lipinski definition) is 8. The summed E-state index contributed by atoms with van der Waals surface area (Å²) < 4.78 is 27.0. The fourth-order valence-electron chi connectivity index (χ4n) is 1.88. The van der Waals surface area contributed by atoms with Crippen LogP contribution in [0.2, 0.25) is 5.15 Å². The van der Waals surface area contributed by atoms with Crippen LogP contribution in [0.15, 0.2) is 52.5 Å². The maximum Gasteiger partial charge on any atom is 0.263 e. The highest BCUT2D eigenvalue weighted by atomic mass is 35.5. The van der Waals surface area contributed by atoms with E-state index in [-0.39, 0.29) is 27.5 Å². The van der Waals surface area contributed by atoms with Gasteiger partial charge < -0.3 is 5.32 Å². The lowest BCUT2D eigenvalue weighted by Crippen LogP contribution is -2.15. The van der Waals surface area contributed by atoms with Crippen LogP contribution in [-0.2, 0) is 14.8 Å². The van der Waals surface area contributed by atoms with Crippen molar-refractivity contribution in [2.75, 3.05) is 15.8 Å². The smallest absolute Gasteiger partial charge is 0.263 e. The van der Waals surface area contributed by atoms with Crippen molar-refractivity contribution in [3.8, 4) is 0 Å². The number of sulfonamides is 1. The lowest BCUT2D eigenvalue weighted by Gasteiger charge is -2.08. The molecule has 0 atom stereocenters. The molecule has 0 radical (unpaired) electrons. The normalized spacial score (nSPS) is 11.1. The number of benzene rings is 1. The molecule has 3 N–H and O–H groups in total. The predicted octanol–water partition coefficient (Wildman–Crippen LogP) is 1.78. The fraction of sp³-hybridized carbons (Fsp3) is 0.0714. The summed E-state index contributed by atoms with van der Waals surface area (Å²) >= 11 is 6.83. The van der Waals surface area contributed by atoms with Gasteiger partial charge in [-0.1, -0.05) is 23.4 Å². The van der Waals surface area contributed by atoms with Gasteiger partial charge in [-0.25, -0.2) is 8.42 Å². The van der Waals surface area contributed by atoms with Crippen LogP contribution in [0, 0.1) is 0 Å². The van der Waals surface area contributed by atoms with Crippen LogP contribution in [-0.4, -0.2) is 45.7 Å². The summed E-state index contributed by atoms with van der Waals surface area (Å²) in [7, 11) is -3.84. The number of rotatable bonds is 7. The van der Waals surface area contributed by atoms with Gasteiger partial charge in [-0.2, -0.15) is 10.3 Å². The van der Waals surface area contributed by atoms with Crippen molar-refractivity contribution in [2.24, 2.45) is 0 Å². The second-order valence-electron chi connectivity index (χ2n) is 5.02. The summed E-state index contributed by atoms with van der Waals surface area (Å²) in [5.41, 5.74) is 0.464. The Labute approximate surface area is 163 Å². The Hall–Kier alpha value is -2.70. The Morgan fingerprint density at radius 3 is 2.56 bits per heavy atom. The zero-order valence-electron chi connectivity index (χ0n) is 13.5. The van der Waals surface area contributed by atoms with Crippen LogP contribution in [0.1, 0.15) is 0 Å². The first kappa shape index (κ1) is 19.1. The van der Waals surface area contributed by atoms with Gasteiger partial charge in [0.05, 0.1) is 16.8 Å². The molecule has 10 nitrogen and oxygen atoms in total. The molecule has 0 aliphatic rings. The van der Waals surface area contributed by atoms with Crippen molar-refractivity contribution >= 4 is 50.8 Å². The maximum absolute atomic E-state index is 12.3. The lowest BCUT2D eigenvalue weighted by molar-refractivity contribution is -0.113. The average molecular weight is 426 g/mol. The van der Waals surface area contributed by atoms with Crippen LogP contribution in [0.4, 0.5) is 11.5 Å². The maximum atomic E-state index is 12.3. The largest absolute Gasteiger partial charge is 0.325 e. The molecule has 1 amide bonds. The van der Waals surface area contributed by atoms with Crippen molar-refractivity contribution in [1.82, 2.24) is 25.6 Å². The molecule has 27 heavy (non-hydrogen) atoms. The van der Waals surface area contributed by atoms with Gasteiger partial charge in [0.25, 0.3) is 10.0 Å². The molecule has 0 spiro atoms. The van der Waals surface area contributed by atoms with E-state index in [1.165, 1.54) is 54.4 Å². The molecule has 0 bridgehead atoms. The first-order valence-electron chi connectivity index (χ1n) is 7.33. The SMILES string of the molecule is O=C(CSc1cn[nH]n1)Nc1ccc(S(=O)(=O)Nc2ccc(Cl)nn2)cc1. The average Bonchev–Trinajstić information content (AvgIpc) is 3.16. The Kier molecular flexibility index (Phi) is 5.88. The van der Waals surface area contributed by atoms with Crippen LogP contribution in [0.3, 0.4) is 0 Å². The van der Waals surface area contributed by atoms with E-state index in [0.717, 1.165) is 0 Å². The highest BCUT2D eigenvalue weighted by molar-refractivity contribution is 7.99. The Bertz CT molecular complexity index is 1010. The van der Waals surface area contributed by atoms with Gasteiger partial charge in [0.1, 0.15) is 5.03 Å². The number of carbonyl (C=O) groups excluding carboxylic acids is 1. The van der Waals surface area contributed by atoms with Gasteiger partial charge in [0.15, 0.2) is 11.0 Å². The molecule has 0 aliphatic carbocycles. The number of halogens is 1. The van der Waals surface area contributed by atoms with E-state index in [9.17, 15) is 13.2 Å². The lowest BCUT2D eigenvalue weighted by atomic mass is 10.3. The molecule has 3 rings (SSSR count). The number of nitrogens with one attached hydrogen (secondary N) is 3. The highest BCUT2D eigenvalue weighted by Gasteiger charge is 2.15. The molecule has 13 heteroatoms. The molecule has 0 fully saturated rings. The van der Waals surface area contributed by atoms with Crippen molar-refractivity contribution in [3.63, 3.8) is 0 Å². The first-order valence-corrected chi connectivity index (χ1v) is 10.2. The molecular weight excluding hydrogens is 414 g/mol. The Morgan fingerprint density at radius 2 is 1.93 bits per heavy atom. The molecular formula is C14H12ClN7O3S2. The van der Waals surface area contributed by atoms with E-state index in [1.807, 2.05) is 0 Å². The molecule has 3 aromatic rings. The number of hydrogen-bond donors (Lipinski definition) is 3. The minimum atomic E-state index is -3.84. The molecule has 2 aromatic heterocycles. The van der Waals surface area contributed by atoms with Crippen molar-refractivity contribution in [1.29, 1.82) is 0 Å². The highest BCUT2D eigenvalue weighted by Crippen LogP contribution is 2.18. The monoisotopic (exact) mass is 425 g/mol. The minimum Gasteiger partial charge on any atom is -0.325 e. The predicted molar refractivity (Wildman–Crippen MR) is 100 cm³/mol. The van der Waals surface area contributed by atoms with Crippen molar-refractivity contribution < 1.29 is 13.2 Å². The molecule has 2 heterocycles. The van der Waals surface area contributed by atoms with Crippen LogP contribution < -0.4 is 10.0 Å². The number of thioether (sulfide) groups is 1. The number of amides is 1. The first-order chi connectivity index (χ1) is 12.9. The molecule has 140 valence electrons. The summed E-state index contributed by atoms with van der Waals surface area (Å²) in [6.07, 6.45) is 1.51. The number of aromatic nitrogens is 5. The van der Waals surface area contributed by atoms with Gasteiger partial charge in [-0.3, -0.25) is 9.52 Å². The van der Waals surface area contributed by atoms with Crippen molar-refractivity contribution in [2.45, 2.75) is 9.92 Å². The third kappa shape index (κ3) is 5.39. The second-order valence-corrected chi connectivity index (χ2v) is 8.08. The van der Waals surface area contributed by atoms with Crippen molar-refractivity contribution in [3.05, 3.63) is 47.7 Å². The quantitative estimate of drug-likeness (QED) is 0.486. The van der Waals surface area contributed by atoms with Gasteiger partial charge in [0, 0.05) is 5.69 Å². The summed E-state index contributed by atoms with van der Waals surface area (Å²) in [4.78, 5) is 11.9. The van der Waals surface area contributed by atoms with Crippen LogP contribution >= 0.6 is 23.4 Å². The number of nitrogens with zero attached hydrogens (tertiary/aromatic N) is 4. The fourth-order valence-corrected chi connectivity index (χ4v) is 3.56. The van der Waals surface area contributed by atoms with E-state index in [1.54, 1.807) is 0 Å². The minimum absolute atomic E-state index is 0.00854. The number of anilines is 2. The van der Waals surface area contributed by atoms with Crippen LogP contribution in [0.5, 0.6) is 0 Å². The topological polar surface area (TPSA) is 143 Å². The molecule has 0 unspecified atom stereocenters. The zero-order valence-corrected chi connectivity index (χ0v) is 15.8. The third-order valence-electron chi connectivity index (χ3n) is 3.06. The third-order valence-corrected chi connectivity index (χ3v) is 5.53. The number of carbonyl (C=O) groups is 1. The second kappa shape index (κ2) is 8.33. The van der Waals surface area contributed by atoms with Gasteiger partial charge in [-0.05, 0) is 36.4 Å². The Balaban J connectivity index is 1.60. The summed E-state index contributed by atoms with van der Waals surface area (Å²) in [6, 6.07) is 8.52. The zero-order chi connectivity index (χ0) is 19.3. The molecule has 0 saturated heterocycles.